The molecule has 0 aliphatic carbocycles. The summed E-state index contributed by atoms with van der Waals surface area (Å²) in [6.07, 6.45) is 0. The van der Waals surface area contributed by atoms with Crippen LogP contribution in [0.25, 0.3) is 10.4 Å². The van der Waals surface area contributed by atoms with Crippen LogP contribution in [0, 0.1) is 11.7 Å². The number of benzene rings is 1. The zero-order valence-electron chi connectivity index (χ0n) is 10.3. The van der Waals surface area contributed by atoms with Gasteiger partial charge >= 0.3 is 0 Å². The van der Waals surface area contributed by atoms with E-state index < -0.39 is 0 Å². The number of hydrogen-bond donors (Lipinski definition) is 1. The Labute approximate surface area is 119 Å². The summed E-state index contributed by atoms with van der Waals surface area (Å²) in [5, 5.41) is 0. The van der Waals surface area contributed by atoms with Crippen molar-refractivity contribution in [2.75, 3.05) is 0 Å². The Balaban J connectivity index is 2.35. The first-order valence-electron chi connectivity index (χ1n) is 5.79. The summed E-state index contributed by atoms with van der Waals surface area (Å²) in [5.41, 5.74) is 6.73. The van der Waals surface area contributed by atoms with Gasteiger partial charge in [0, 0.05) is 25.8 Å². The van der Waals surface area contributed by atoms with E-state index in [9.17, 15) is 4.39 Å². The van der Waals surface area contributed by atoms with Crippen LogP contribution in [-0.4, -0.2) is 0 Å². The largest absolute Gasteiger partial charge is 0.323 e. The van der Waals surface area contributed by atoms with E-state index >= 15 is 0 Å². The van der Waals surface area contributed by atoms with Crippen molar-refractivity contribution < 1.29 is 4.39 Å². The van der Waals surface area contributed by atoms with Crippen LogP contribution in [0.2, 0.25) is 0 Å². The van der Waals surface area contributed by atoms with Crippen LogP contribution in [0.3, 0.4) is 0 Å². The van der Waals surface area contributed by atoms with Gasteiger partial charge in [0.2, 0.25) is 0 Å². The summed E-state index contributed by atoms with van der Waals surface area (Å²) in [5.74, 6) is 0.169. The fraction of sp³-hybridized carbons (Fsp3) is 0.286. The van der Waals surface area contributed by atoms with Crippen LogP contribution in [-0.2, 0) is 0 Å². The summed E-state index contributed by atoms with van der Waals surface area (Å²) in [7, 11) is 0. The molecule has 18 heavy (non-hydrogen) atoms. The molecule has 0 bridgehead atoms. The number of rotatable bonds is 3. The Kier molecular flexibility index (Phi) is 4.20. The molecule has 0 saturated carbocycles. The van der Waals surface area contributed by atoms with Crippen LogP contribution in [0.5, 0.6) is 0 Å². The lowest BCUT2D eigenvalue weighted by Crippen LogP contribution is -2.14. The standard InChI is InChI=1S/C14H15BrFNS/c1-8(2)14(17)13-6-5-12(18-13)10-4-3-9(15)7-11(10)16/h3-8,14H,17H2,1-2H3. The monoisotopic (exact) mass is 327 g/mol. The van der Waals surface area contributed by atoms with Crippen molar-refractivity contribution >= 4 is 27.3 Å². The smallest absolute Gasteiger partial charge is 0.132 e. The predicted octanol–water partition coefficient (Wildman–Crippen LogP) is 4.97. The Hall–Kier alpha value is -0.710. The minimum atomic E-state index is -0.212. The van der Waals surface area contributed by atoms with E-state index in [0.29, 0.717) is 11.5 Å². The van der Waals surface area contributed by atoms with Gasteiger partial charge in [-0.25, -0.2) is 4.39 Å². The van der Waals surface area contributed by atoms with Crippen molar-refractivity contribution in [2.45, 2.75) is 19.9 Å². The molecule has 1 atom stereocenters. The predicted molar refractivity (Wildman–Crippen MR) is 79.2 cm³/mol. The van der Waals surface area contributed by atoms with E-state index in [1.165, 1.54) is 6.07 Å². The number of hydrogen-bond acceptors (Lipinski definition) is 2. The quantitative estimate of drug-likeness (QED) is 0.845. The average Bonchev–Trinajstić information content (AvgIpc) is 2.77. The van der Waals surface area contributed by atoms with E-state index in [2.05, 4.69) is 29.8 Å². The lowest BCUT2D eigenvalue weighted by Gasteiger charge is -2.12. The molecule has 2 aromatic rings. The van der Waals surface area contributed by atoms with Gasteiger partial charge in [0.1, 0.15) is 5.82 Å². The molecule has 2 rings (SSSR count). The molecule has 0 radical (unpaired) electrons. The summed E-state index contributed by atoms with van der Waals surface area (Å²) >= 11 is 4.82. The summed E-state index contributed by atoms with van der Waals surface area (Å²) in [4.78, 5) is 2.02. The number of thiophene rings is 1. The van der Waals surface area contributed by atoms with E-state index in [0.717, 1.165) is 14.2 Å². The molecule has 0 aliphatic heterocycles. The van der Waals surface area contributed by atoms with Crippen molar-refractivity contribution in [2.24, 2.45) is 11.7 Å². The second-order valence-corrected chi connectivity index (χ2v) is 6.63. The SMILES string of the molecule is CC(C)C(N)c1ccc(-c2ccc(Br)cc2F)s1. The third-order valence-corrected chi connectivity index (χ3v) is 4.58. The highest BCUT2D eigenvalue weighted by atomic mass is 79.9. The summed E-state index contributed by atoms with van der Waals surface area (Å²) < 4.78 is 14.6. The molecule has 0 amide bonds. The first kappa shape index (κ1) is 13.7. The van der Waals surface area contributed by atoms with E-state index in [1.807, 2.05) is 18.2 Å². The summed E-state index contributed by atoms with van der Waals surface area (Å²) in [6, 6.07) is 9.07. The fourth-order valence-electron chi connectivity index (χ4n) is 1.69. The second kappa shape index (κ2) is 5.51. The molecular weight excluding hydrogens is 313 g/mol. The first-order valence-corrected chi connectivity index (χ1v) is 7.40. The lowest BCUT2D eigenvalue weighted by atomic mass is 10.0. The average molecular weight is 328 g/mol. The van der Waals surface area contributed by atoms with Crippen LogP contribution in [0.15, 0.2) is 34.8 Å². The van der Waals surface area contributed by atoms with E-state index in [-0.39, 0.29) is 11.9 Å². The topological polar surface area (TPSA) is 26.0 Å². The van der Waals surface area contributed by atoms with Crippen LogP contribution in [0.1, 0.15) is 24.8 Å². The van der Waals surface area contributed by atoms with Crippen molar-refractivity contribution in [3.05, 3.63) is 45.5 Å². The Morgan fingerprint density at radius 1 is 1.22 bits per heavy atom. The van der Waals surface area contributed by atoms with Crippen molar-refractivity contribution in [3.63, 3.8) is 0 Å². The van der Waals surface area contributed by atoms with Gasteiger partial charge in [-0.05, 0) is 36.2 Å². The minimum Gasteiger partial charge on any atom is -0.323 e. The van der Waals surface area contributed by atoms with E-state index in [4.69, 9.17) is 5.73 Å². The molecule has 1 heterocycles. The zero-order valence-corrected chi connectivity index (χ0v) is 12.7. The maximum Gasteiger partial charge on any atom is 0.132 e. The molecule has 0 aliphatic rings. The molecule has 1 unspecified atom stereocenters. The fourth-order valence-corrected chi connectivity index (χ4v) is 3.24. The van der Waals surface area contributed by atoms with Gasteiger partial charge in [-0.2, -0.15) is 0 Å². The van der Waals surface area contributed by atoms with E-state index in [1.54, 1.807) is 17.4 Å². The first-order chi connectivity index (χ1) is 8.49. The van der Waals surface area contributed by atoms with Crippen molar-refractivity contribution in [1.29, 1.82) is 0 Å². The molecule has 1 aromatic heterocycles. The molecule has 96 valence electrons. The second-order valence-electron chi connectivity index (χ2n) is 4.60. The minimum absolute atomic E-state index is 0.0160. The highest BCUT2D eigenvalue weighted by molar-refractivity contribution is 9.10. The third kappa shape index (κ3) is 2.82. The zero-order chi connectivity index (χ0) is 13.3. The van der Waals surface area contributed by atoms with Gasteiger partial charge in [0.05, 0.1) is 0 Å². The Bertz CT molecular complexity index is 550. The Morgan fingerprint density at radius 3 is 2.56 bits per heavy atom. The van der Waals surface area contributed by atoms with Gasteiger partial charge in [0.25, 0.3) is 0 Å². The molecule has 0 spiro atoms. The highest BCUT2D eigenvalue weighted by Crippen LogP contribution is 2.34. The normalized spacial score (nSPS) is 13.0. The molecule has 0 saturated heterocycles. The summed E-state index contributed by atoms with van der Waals surface area (Å²) in [6.45, 7) is 4.18. The molecule has 1 nitrogen and oxygen atoms in total. The number of nitrogens with two attached hydrogens (primary N) is 1. The van der Waals surface area contributed by atoms with Crippen LogP contribution >= 0.6 is 27.3 Å². The van der Waals surface area contributed by atoms with Gasteiger partial charge in [-0.1, -0.05) is 29.8 Å². The lowest BCUT2D eigenvalue weighted by molar-refractivity contribution is 0.521. The molecular formula is C14H15BrFNS. The maximum atomic E-state index is 13.9. The molecule has 1 aromatic carbocycles. The van der Waals surface area contributed by atoms with Gasteiger partial charge in [-0.3, -0.25) is 0 Å². The number of halogens is 2. The molecule has 2 N–H and O–H groups in total. The van der Waals surface area contributed by atoms with Gasteiger partial charge < -0.3 is 5.73 Å². The molecule has 4 heteroatoms. The third-order valence-electron chi connectivity index (χ3n) is 2.87. The van der Waals surface area contributed by atoms with Crippen molar-refractivity contribution in [1.82, 2.24) is 0 Å². The Morgan fingerprint density at radius 2 is 1.94 bits per heavy atom. The van der Waals surface area contributed by atoms with Gasteiger partial charge in [-0.15, -0.1) is 11.3 Å². The maximum absolute atomic E-state index is 13.9. The van der Waals surface area contributed by atoms with Gasteiger partial charge in [0.15, 0.2) is 0 Å². The van der Waals surface area contributed by atoms with Crippen molar-refractivity contribution in [3.8, 4) is 10.4 Å². The van der Waals surface area contributed by atoms with Crippen LogP contribution < -0.4 is 5.73 Å². The molecule has 0 fully saturated rings. The van der Waals surface area contributed by atoms with Crippen LogP contribution in [0.4, 0.5) is 4.39 Å². The highest BCUT2D eigenvalue weighted by Gasteiger charge is 2.15.